The summed E-state index contributed by atoms with van der Waals surface area (Å²) < 4.78 is 5.12. The quantitative estimate of drug-likeness (QED) is 0.531. The Labute approximate surface area is 81.6 Å². The zero-order valence-corrected chi connectivity index (χ0v) is 8.00. The number of dihydropyridines is 1. The lowest BCUT2D eigenvalue weighted by Gasteiger charge is -2.17. The number of hydrogen-bond donors (Lipinski definition) is 1. The number of nitro groups is 1. The molecular weight excluding hydrogens is 184 g/mol. The van der Waals surface area contributed by atoms with Crippen LogP contribution in [0.15, 0.2) is 22.7 Å². The van der Waals surface area contributed by atoms with Gasteiger partial charge in [0.25, 0.3) is 0 Å². The van der Waals surface area contributed by atoms with Gasteiger partial charge in [-0.3, -0.25) is 10.1 Å². The normalized spacial score (nSPS) is 20.6. The molecule has 0 bridgehead atoms. The van der Waals surface area contributed by atoms with Crippen LogP contribution in [-0.4, -0.2) is 18.6 Å². The highest BCUT2D eigenvalue weighted by Gasteiger charge is 2.31. The van der Waals surface area contributed by atoms with Gasteiger partial charge in [-0.05, 0) is 19.3 Å². The van der Waals surface area contributed by atoms with Crippen molar-refractivity contribution in [3.63, 3.8) is 0 Å². The first-order valence-corrected chi connectivity index (χ1v) is 4.62. The molecule has 1 aliphatic heterocycles. The van der Waals surface area contributed by atoms with Gasteiger partial charge < -0.3 is 10.1 Å². The lowest BCUT2D eigenvalue weighted by Crippen LogP contribution is -2.27. The first-order chi connectivity index (χ1) is 6.74. The summed E-state index contributed by atoms with van der Waals surface area (Å²) in [5, 5.41) is 13.8. The molecule has 0 saturated heterocycles. The standard InChI is InChI=1S/C9H12N2O3/c1-14-9-6-3-2-4-7(6)10-5-8(9)11(12)13/h10H,2-5H2,1H3. The van der Waals surface area contributed by atoms with Crippen LogP contribution in [0, 0.1) is 10.1 Å². The SMILES string of the molecule is COC1=C([N+](=O)[O-])CNC2=C1CCC2. The van der Waals surface area contributed by atoms with Gasteiger partial charge >= 0.3 is 5.70 Å². The topological polar surface area (TPSA) is 64.4 Å². The van der Waals surface area contributed by atoms with E-state index in [9.17, 15) is 10.1 Å². The Hall–Kier alpha value is -1.52. The van der Waals surface area contributed by atoms with Crippen molar-refractivity contribution in [3.8, 4) is 0 Å². The van der Waals surface area contributed by atoms with Crippen LogP contribution < -0.4 is 5.32 Å². The van der Waals surface area contributed by atoms with Crippen molar-refractivity contribution in [1.29, 1.82) is 0 Å². The third kappa shape index (κ3) is 1.25. The summed E-state index contributed by atoms with van der Waals surface area (Å²) in [7, 11) is 1.49. The van der Waals surface area contributed by atoms with E-state index in [-0.39, 0.29) is 17.2 Å². The number of hydrogen-bond acceptors (Lipinski definition) is 4. The maximum absolute atomic E-state index is 10.7. The molecule has 1 heterocycles. The van der Waals surface area contributed by atoms with Crippen LogP contribution in [0.1, 0.15) is 19.3 Å². The Morgan fingerprint density at radius 3 is 2.93 bits per heavy atom. The molecule has 2 aliphatic rings. The Balaban J connectivity index is 2.42. The van der Waals surface area contributed by atoms with Gasteiger partial charge in [-0.15, -0.1) is 0 Å². The smallest absolute Gasteiger partial charge is 0.306 e. The largest absolute Gasteiger partial charge is 0.490 e. The van der Waals surface area contributed by atoms with E-state index in [0.717, 1.165) is 30.5 Å². The number of ether oxygens (including phenoxy) is 1. The second-order valence-electron chi connectivity index (χ2n) is 3.40. The molecule has 1 N–H and O–H groups in total. The Kier molecular flexibility index (Phi) is 2.15. The summed E-state index contributed by atoms with van der Waals surface area (Å²) >= 11 is 0. The first-order valence-electron chi connectivity index (χ1n) is 4.62. The highest BCUT2D eigenvalue weighted by molar-refractivity contribution is 5.39. The third-order valence-corrected chi connectivity index (χ3v) is 2.65. The number of nitrogens with zero attached hydrogens (tertiary/aromatic N) is 1. The molecule has 14 heavy (non-hydrogen) atoms. The summed E-state index contributed by atoms with van der Waals surface area (Å²) in [5.74, 6) is 0.473. The van der Waals surface area contributed by atoms with Crippen molar-refractivity contribution in [1.82, 2.24) is 5.32 Å². The van der Waals surface area contributed by atoms with Gasteiger partial charge in [-0.25, -0.2) is 0 Å². The van der Waals surface area contributed by atoms with Crippen LogP contribution in [0.5, 0.6) is 0 Å². The number of methoxy groups -OCH3 is 1. The van der Waals surface area contributed by atoms with Crippen molar-refractivity contribution in [3.05, 3.63) is 32.8 Å². The van der Waals surface area contributed by atoms with Crippen molar-refractivity contribution in [2.24, 2.45) is 0 Å². The van der Waals surface area contributed by atoms with E-state index in [0.29, 0.717) is 5.76 Å². The van der Waals surface area contributed by atoms with E-state index in [1.165, 1.54) is 7.11 Å². The van der Waals surface area contributed by atoms with E-state index >= 15 is 0 Å². The monoisotopic (exact) mass is 196 g/mol. The molecule has 5 heteroatoms. The summed E-state index contributed by atoms with van der Waals surface area (Å²) in [4.78, 5) is 10.4. The number of nitrogens with one attached hydrogen (secondary N) is 1. The lowest BCUT2D eigenvalue weighted by molar-refractivity contribution is -0.429. The minimum absolute atomic E-state index is 0.146. The molecule has 0 spiro atoms. The van der Waals surface area contributed by atoms with Crippen LogP contribution in [0.25, 0.3) is 0 Å². The van der Waals surface area contributed by atoms with Gasteiger partial charge in [-0.2, -0.15) is 0 Å². The fourth-order valence-corrected chi connectivity index (χ4v) is 2.02. The molecule has 0 aromatic carbocycles. The zero-order chi connectivity index (χ0) is 10.1. The maximum atomic E-state index is 10.7. The fraction of sp³-hybridized carbons (Fsp3) is 0.556. The van der Waals surface area contributed by atoms with Gasteiger partial charge in [-0.1, -0.05) is 0 Å². The second kappa shape index (κ2) is 3.32. The van der Waals surface area contributed by atoms with E-state index in [2.05, 4.69) is 5.32 Å². The minimum Gasteiger partial charge on any atom is -0.490 e. The molecule has 0 saturated carbocycles. The van der Waals surface area contributed by atoms with Gasteiger partial charge in [0.1, 0.15) is 6.54 Å². The zero-order valence-electron chi connectivity index (χ0n) is 8.00. The highest BCUT2D eigenvalue weighted by Crippen LogP contribution is 2.34. The van der Waals surface area contributed by atoms with Crippen LogP contribution in [0.3, 0.4) is 0 Å². The Morgan fingerprint density at radius 1 is 1.50 bits per heavy atom. The molecule has 0 fully saturated rings. The summed E-state index contributed by atoms with van der Waals surface area (Å²) in [6.45, 7) is 0.273. The lowest BCUT2D eigenvalue weighted by atomic mass is 10.1. The predicted molar refractivity (Wildman–Crippen MR) is 49.9 cm³/mol. The van der Waals surface area contributed by atoms with Crippen molar-refractivity contribution < 1.29 is 9.66 Å². The van der Waals surface area contributed by atoms with E-state index < -0.39 is 0 Å². The van der Waals surface area contributed by atoms with Gasteiger partial charge in [0.15, 0.2) is 5.76 Å². The second-order valence-corrected chi connectivity index (χ2v) is 3.40. The molecule has 1 aliphatic carbocycles. The maximum Gasteiger partial charge on any atom is 0.306 e. The molecule has 5 nitrogen and oxygen atoms in total. The molecule has 0 atom stereocenters. The average Bonchev–Trinajstić information content (AvgIpc) is 2.63. The number of allylic oxidation sites excluding steroid dienone is 2. The molecule has 0 aromatic heterocycles. The third-order valence-electron chi connectivity index (χ3n) is 2.65. The molecule has 2 rings (SSSR count). The van der Waals surface area contributed by atoms with E-state index in [4.69, 9.17) is 4.74 Å². The van der Waals surface area contributed by atoms with Crippen LogP contribution >= 0.6 is 0 Å². The molecule has 76 valence electrons. The number of rotatable bonds is 2. The van der Waals surface area contributed by atoms with E-state index in [1.807, 2.05) is 0 Å². The van der Waals surface area contributed by atoms with Gasteiger partial charge in [0, 0.05) is 11.3 Å². The van der Waals surface area contributed by atoms with Crippen LogP contribution in [0.4, 0.5) is 0 Å². The average molecular weight is 196 g/mol. The van der Waals surface area contributed by atoms with E-state index in [1.54, 1.807) is 0 Å². The molecule has 0 amide bonds. The minimum atomic E-state index is -0.367. The molecule has 0 unspecified atom stereocenters. The van der Waals surface area contributed by atoms with Gasteiger partial charge in [0.2, 0.25) is 0 Å². The Bertz CT molecular complexity index is 344. The van der Waals surface area contributed by atoms with Crippen molar-refractivity contribution >= 4 is 0 Å². The fourth-order valence-electron chi connectivity index (χ4n) is 2.02. The Morgan fingerprint density at radius 2 is 2.29 bits per heavy atom. The van der Waals surface area contributed by atoms with Crippen molar-refractivity contribution in [2.45, 2.75) is 19.3 Å². The predicted octanol–water partition coefficient (Wildman–Crippen LogP) is 1.16. The summed E-state index contributed by atoms with van der Waals surface area (Å²) in [5.41, 5.74) is 2.26. The summed E-state index contributed by atoms with van der Waals surface area (Å²) in [6, 6.07) is 0. The first kappa shape index (κ1) is 9.05. The van der Waals surface area contributed by atoms with Crippen LogP contribution in [-0.2, 0) is 4.74 Å². The molecular formula is C9H12N2O3. The van der Waals surface area contributed by atoms with Crippen molar-refractivity contribution in [2.75, 3.05) is 13.7 Å². The highest BCUT2D eigenvalue weighted by atomic mass is 16.6. The molecule has 0 radical (unpaired) electrons. The van der Waals surface area contributed by atoms with Gasteiger partial charge in [0.05, 0.1) is 12.0 Å². The molecule has 0 aromatic rings. The summed E-state index contributed by atoms with van der Waals surface area (Å²) in [6.07, 6.45) is 2.91. The van der Waals surface area contributed by atoms with Crippen LogP contribution in [0.2, 0.25) is 0 Å².